The Morgan fingerprint density at radius 3 is 2.63 bits per heavy atom. The molecule has 0 aromatic heterocycles. The summed E-state index contributed by atoms with van der Waals surface area (Å²) in [5.41, 5.74) is 0.972. The summed E-state index contributed by atoms with van der Waals surface area (Å²) in [6.45, 7) is 6.25. The predicted molar refractivity (Wildman–Crippen MR) is 129 cm³/mol. The molecule has 1 aliphatic heterocycles. The fourth-order valence-corrected chi connectivity index (χ4v) is 4.25. The largest absolute Gasteiger partial charge is 0.494 e. The average molecular weight is 534 g/mol. The first-order valence-electron chi connectivity index (χ1n) is 10.9. The van der Waals surface area contributed by atoms with E-state index in [0.29, 0.717) is 12.6 Å². The summed E-state index contributed by atoms with van der Waals surface area (Å²) in [7, 11) is 1.48. The lowest BCUT2D eigenvalue weighted by atomic mass is 10.0. The molecular weight excluding hydrogens is 498 g/mol. The van der Waals surface area contributed by atoms with Crippen molar-refractivity contribution in [2.24, 2.45) is 10.9 Å². The van der Waals surface area contributed by atoms with E-state index in [1.807, 2.05) is 6.07 Å². The minimum atomic E-state index is -0.305. The first-order valence-corrected chi connectivity index (χ1v) is 10.9. The lowest BCUT2D eigenvalue weighted by Crippen LogP contribution is -2.48. The average Bonchev–Trinajstić information content (AvgIpc) is 3.13. The highest BCUT2D eigenvalue weighted by molar-refractivity contribution is 14.0. The highest BCUT2D eigenvalue weighted by Crippen LogP contribution is 2.25. The van der Waals surface area contributed by atoms with Crippen molar-refractivity contribution >= 4 is 29.9 Å². The van der Waals surface area contributed by atoms with E-state index in [9.17, 15) is 9.50 Å². The first-order chi connectivity index (χ1) is 14.1. The van der Waals surface area contributed by atoms with Crippen molar-refractivity contribution in [3.63, 3.8) is 0 Å². The van der Waals surface area contributed by atoms with Crippen LogP contribution in [-0.4, -0.2) is 61.4 Å². The number of nitrogens with zero attached hydrogens (tertiary/aromatic N) is 2. The molecule has 3 rings (SSSR count). The highest BCUT2D eigenvalue weighted by Gasteiger charge is 2.25. The number of nitrogens with one attached hydrogen (secondary N) is 2. The lowest BCUT2D eigenvalue weighted by molar-refractivity contribution is 0.136. The van der Waals surface area contributed by atoms with E-state index in [0.717, 1.165) is 69.8 Å². The zero-order valence-corrected chi connectivity index (χ0v) is 20.4. The van der Waals surface area contributed by atoms with Gasteiger partial charge in [-0.2, -0.15) is 0 Å². The van der Waals surface area contributed by atoms with E-state index in [2.05, 4.69) is 22.5 Å². The Morgan fingerprint density at radius 2 is 2.03 bits per heavy atom. The first kappa shape index (κ1) is 25.1. The summed E-state index contributed by atoms with van der Waals surface area (Å²) in [5, 5.41) is 16.9. The molecule has 0 bridgehead atoms. The summed E-state index contributed by atoms with van der Waals surface area (Å²) < 4.78 is 18.9. The SMILES string of the molecule is CCNC(=NCC1CCCC1O)NC1CCN(Cc2ccc(OC)c(F)c2)CC1.I. The molecule has 0 spiro atoms. The Kier molecular flexibility index (Phi) is 10.6. The molecule has 1 aromatic rings. The molecule has 0 radical (unpaired) electrons. The third-order valence-corrected chi connectivity index (χ3v) is 6.00. The van der Waals surface area contributed by atoms with Crippen LogP contribution in [0, 0.1) is 11.7 Å². The molecule has 1 saturated heterocycles. The lowest BCUT2D eigenvalue weighted by Gasteiger charge is -2.33. The van der Waals surface area contributed by atoms with Gasteiger partial charge >= 0.3 is 0 Å². The summed E-state index contributed by atoms with van der Waals surface area (Å²) in [5.74, 6) is 1.12. The van der Waals surface area contributed by atoms with Gasteiger partial charge in [0.2, 0.25) is 0 Å². The van der Waals surface area contributed by atoms with Crippen LogP contribution >= 0.6 is 24.0 Å². The van der Waals surface area contributed by atoms with E-state index in [1.165, 1.54) is 7.11 Å². The van der Waals surface area contributed by atoms with Gasteiger partial charge in [-0.25, -0.2) is 4.39 Å². The molecule has 6 nitrogen and oxygen atoms in total. The van der Waals surface area contributed by atoms with Gasteiger partial charge in [0, 0.05) is 44.7 Å². The quantitative estimate of drug-likeness (QED) is 0.285. The van der Waals surface area contributed by atoms with Gasteiger partial charge in [0.1, 0.15) is 0 Å². The number of piperidine rings is 1. The van der Waals surface area contributed by atoms with Gasteiger partial charge in [-0.3, -0.25) is 9.89 Å². The van der Waals surface area contributed by atoms with Gasteiger partial charge in [0.25, 0.3) is 0 Å². The monoisotopic (exact) mass is 534 g/mol. The second-order valence-electron chi connectivity index (χ2n) is 8.14. The van der Waals surface area contributed by atoms with E-state index in [1.54, 1.807) is 12.1 Å². The minimum Gasteiger partial charge on any atom is -0.494 e. The zero-order chi connectivity index (χ0) is 20.6. The van der Waals surface area contributed by atoms with Crippen LogP contribution in [0.15, 0.2) is 23.2 Å². The number of rotatable bonds is 7. The van der Waals surface area contributed by atoms with Crippen molar-refractivity contribution in [1.82, 2.24) is 15.5 Å². The molecule has 1 heterocycles. The Labute approximate surface area is 196 Å². The van der Waals surface area contributed by atoms with Crippen LogP contribution in [0.5, 0.6) is 5.75 Å². The van der Waals surface area contributed by atoms with E-state index in [4.69, 9.17) is 9.73 Å². The van der Waals surface area contributed by atoms with Crippen molar-refractivity contribution in [2.45, 2.75) is 57.7 Å². The number of likely N-dealkylation sites (tertiary alicyclic amines) is 1. The Hall–Kier alpha value is -1.13. The summed E-state index contributed by atoms with van der Waals surface area (Å²) in [4.78, 5) is 7.08. The number of hydrogen-bond acceptors (Lipinski definition) is 4. The molecule has 2 atom stereocenters. The molecule has 2 aliphatic rings. The fraction of sp³-hybridized carbons (Fsp3) is 0.682. The summed E-state index contributed by atoms with van der Waals surface area (Å²) >= 11 is 0. The van der Waals surface area contributed by atoms with Crippen LogP contribution in [0.1, 0.15) is 44.6 Å². The zero-order valence-electron chi connectivity index (χ0n) is 18.1. The number of aliphatic imine (C=N–C) groups is 1. The second kappa shape index (κ2) is 12.7. The predicted octanol–water partition coefficient (Wildman–Crippen LogP) is 3.13. The molecular formula is C22H36FIN4O2. The molecule has 2 unspecified atom stereocenters. The highest BCUT2D eigenvalue weighted by atomic mass is 127. The normalized spacial score (nSPS) is 23.1. The van der Waals surface area contributed by atoms with Gasteiger partial charge in [-0.15, -0.1) is 24.0 Å². The maximum Gasteiger partial charge on any atom is 0.191 e. The van der Waals surface area contributed by atoms with Gasteiger partial charge in [-0.1, -0.05) is 12.5 Å². The van der Waals surface area contributed by atoms with Crippen LogP contribution in [0.2, 0.25) is 0 Å². The van der Waals surface area contributed by atoms with E-state index in [-0.39, 0.29) is 47.6 Å². The van der Waals surface area contributed by atoms with Crippen molar-refractivity contribution in [3.8, 4) is 5.75 Å². The van der Waals surface area contributed by atoms with E-state index >= 15 is 0 Å². The molecule has 1 saturated carbocycles. The second-order valence-corrected chi connectivity index (χ2v) is 8.14. The molecule has 8 heteroatoms. The topological polar surface area (TPSA) is 69.1 Å². The van der Waals surface area contributed by atoms with Crippen molar-refractivity contribution in [1.29, 1.82) is 0 Å². The molecule has 2 fully saturated rings. The van der Waals surface area contributed by atoms with Crippen LogP contribution in [0.25, 0.3) is 0 Å². The van der Waals surface area contributed by atoms with Crippen LogP contribution in [0.4, 0.5) is 4.39 Å². The molecule has 1 aromatic carbocycles. The summed E-state index contributed by atoms with van der Waals surface area (Å²) in [6, 6.07) is 5.57. The van der Waals surface area contributed by atoms with Gasteiger partial charge in [-0.05, 0) is 50.3 Å². The third-order valence-electron chi connectivity index (χ3n) is 6.00. The number of benzene rings is 1. The number of ether oxygens (including phenoxy) is 1. The Bertz CT molecular complexity index is 683. The number of halogens is 2. The van der Waals surface area contributed by atoms with Crippen molar-refractivity contribution < 1.29 is 14.2 Å². The standard InChI is InChI=1S/C22H35FN4O2.HI/c1-3-24-22(25-14-17-5-4-6-20(17)28)26-18-9-11-27(12-10-18)15-16-7-8-21(29-2)19(23)13-16;/h7-8,13,17-18,20,28H,3-6,9-12,14-15H2,1-2H3,(H2,24,25,26);1H. The van der Waals surface area contributed by atoms with Crippen molar-refractivity contribution in [3.05, 3.63) is 29.6 Å². The molecule has 30 heavy (non-hydrogen) atoms. The van der Waals surface area contributed by atoms with Crippen LogP contribution in [0.3, 0.4) is 0 Å². The van der Waals surface area contributed by atoms with Crippen LogP contribution < -0.4 is 15.4 Å². The third kappa shape index (κ3) is 7.23. The number of aliphatic hydroxyl groups excluding tert-OH is 1. The maximum atomic E-state index is 13.9. The van der Waals surface area contributed by atoms with Gasteiger partial charge in [0.05, 0.1) is 13.2 Å². The number of hydrogen-bond donors (Lipinski definition) is 3. The number of guanidine groups is 1. The molecule has 170 valence electrons. The molecule has 1 aliphatic carbocycles. The van der Waals surface area contributed by atoms with Crippen molar-refractivity contribution in [2.75, 3.05) is 33.3 Å². The van der Waals surface area contributed by atoms with E-state index < -0.39 is 0 Å². The number of aliphatic hydroxyl groups is 1. The van der Waals surface area contributed by atoms with Gasteiger partial charge < -0.3 is 20.5 Å². The number of methoxy groups -OCH3 is 1. The summed E-state index contributed by atoms with van der Waals surface area (Å²) in [6.07, 6.45) is 4.91. The maximum absolute atomic E-state index is 13.9. The fourth-order valence-electron chi connectivity index (χ4n) is 4.25. The molecule has 3 N–H and O–H groups in total. The minimum absolute atomic E-state index is 0. The smallest absolute Gasteiger partial charge is 0.191 e. The van der Waals surface area contributed by atoms with Gasteiger partial charge in [0.15, 0.2) is 17.5 Å². The van der Waals surface area contributed by atoms with Crippen LogP contribution in [-0.2, 0) is 6.54 Å². The Morgan fingerprint density at radius 1 is 1.27 bits per heavy atom. The Balaban J connectivity index is 0.00000320. The molecule has 0 amide bonds.